The molecule has 112 valence electrons. The first-order valence-electron chi connectivity index (χ1n) is 7.79. The summed E-state index contributed by atoms with van der Waals surface area (Å²) in [6.07, 6.45) is 6.45. The maximum absolute atomic E-state index is 6.18. The van der Waals surface area contributed by atoms with Crippen molar-refractivity contribution in [1.82, 2.24) is 5.32 Å². The number of hydrogen-bond acceptors (Lipinski definition) is 1. The standard InChI is InChI=1S/C17H25Cl2N/c1-3-7-20-17(13-6-4-5-12(2)8-13)14-9-15(18)11-16(19)10-14/h9-13,17,20H,3-8H2,1-2H3. The van der Waals surface area contributed by atoms with Gasteiger partial charge in [0.15, 0.2) is 0 Å². The zero-order chi connectivity index (χ0) is 14.5. The molecule has 1 aromatic rings. The van der Waals surface area contributed by atoms with Gasteiger partial charge in [0.2, 0.25) is 0 Å². The summed E-state index contributed by atoms with van der Waals surface area (Å²) < 4.78 is 0. The van der Waals surface area contributed by atoms with Crippen LogP contribution >= 0.6 is 23.2 Å². The summed E-state index contributed by atoms with van der Waals surface area (Å²) in [5, 5.41) is 5.18. The monoisotopic (exact) mass is 313 g/mol. The van der Waals surface area contributed by atoms with E-state index >= 15 is 0 Å². The molecule has 0 aliphatic heterocycles. The Balaban J connectivity index is 2.21. The van der Waals surface area contributed by atoms with Gasteiger partial charge in [-0.15, -0.1) is 0 Å². The molecule has 1 aromatic carbocycles. The SMILES string of the molecule is CCCNC(c1cc(Cl)cc(Cl)c1)C1CCCC(C)C1. The van der Waals surface area contributed by atoms with Gasteiger partial charge in [0, 0.05) is 16.1 Å². The summed E-state index contributed by atoms with van der Waals surface area (Å²) in [5.41, 5.74) is 1.25. The highest BCUT2D eigenvalue weighted by Gasteiger charge is 2.27. The number of rotatable bonds is 5. The molecule has 2 rings (SSSR count). The molecule has 0 heterocycles. The Kier molecular flexibility index (Phi) is 6.20. The highest BCUT2D eigenvalue weighted by Crippen LogP contribution is 2.38. The van der Waals surface area contributed by atoms with Gasteiger partial charge in [-0.3, -0.25) is 0 Å². The van der Waals surface area contributed by atoms with E-state index in [1.807, 2.05) is 6.07 Å². The first-order chi connectivity index (χ1) is 9.60. The first-order valence-corrected chi connectivity index (χ1v) is 8.55. The number of benzene rings is 1. The zero-order valence-electron chi connectivity index (χ0n) is 12.5. The Morgan fingerprint density at radius 1 is 1.20 bits per heavy atom. The molecule has 1 saturated carbocycles. The van der Waals surface area contributed by atoms with Crippen molar-refractivity contribution in [2.45, 2.75) is 52.0 Å². The molecule has 1 fully saturated rings. The summed E-state index contributed by atoms with van der Waals surface area (Å²) in [6, 6.07) is 6.33. The Hall–Kier alpha value is -0.240. The van der Waals surface area contributed by atoms with Crippen LogP contribution in [0, 0.1) is 11.8 Å². The van der Waals surface area contributed by atoms with Gasteiger partial charge in [0.1, 0.15) is 0 Å². The van der Waals surface area contributed by atoms with E-state index in [1.165, 1.54) is 31.2 Å². The lowest BCUT2D eigenvalue weighted by Gasteiger charge is -2.34. The van der Waals surface area contributed by atoms with Crippen molar-refractivity contribution in [1.29, 1.82) is 0 Å². The van der Waals surface area contributed by atoms with Crippen LogP contribution in [0.3, 0.4) is 0 Å². The molecule has 1 nitrogen and oxygen atoms in total. The third-order valence-corrected chi connectivity index (χ3v) is 4.74. The van der Waals surface area contributed by atoms with E-state index in [-0.39, 0.29) is 0 Å². The molecule has 0 amide bonds. The first kappa shape index (κ1) is 16.1. The summed E-state index contributed by atoms with van der Waals surface area (Å²) in [5.74, 6) is 1.52. The molecule has 0 spiro atoms. The quantitative estimate of drug-likeness (QED) is 0.717. The minimum absolute atomic E-state index is 0.383. The number of nitrogens with one attached hydrogen (secondary N) is 1. The average molecular weight is 314 g/mol. The molecule has 0 radical (unpaired) electrons. The average Bonchev–Trinajstić information content (AvgIpc) is 2.38. The maximum atomic E-state index is 6.18. The Labute approximate surface area is 133 Å². The number of hydrogen-bond donors (Lipinski definition) is 1. The van der Waals surface area contributed by atoms with Crippen molar-refractivity contribution >= 4 is 23.2 Å². The van der Waals surface area contributed by atoms with Gasteiger partial charge in [-0.2, -0.15) is 0 Å². The van der Waals surface area contributed by atoms with Crippen LogP contribution in [0.4, 0.5) is 0 Å². The molecule has 20 heavy (non-hydrogen) atoms. The Morgan fingerprint density at radius 3 is 2.50 bits per heavy atom. The topological polar surface area (TPSA) is 12.0 Å². The second kappa shape index (κ2) is 7.68. The van der Waals surface area contributed by atoms with Crippen LogP contribution in [0.2, 0.25) is 10.0 Å². The van der Waals surface area contributed by atoms with Crippen molar-refractivity contribution in [3.05, 3.63) is 33.8 Å². The normalized spacial score (nSPS) is 24.6. The van der Waals surface area contributed by atoms with Gasteiger partial charge < -0.3 is 5.32 Å². The van der Waals surface area contributed by atoms with Gasteiger partial charge in [0.25, 0.3) is 0 Å². The summed E-state index contributed by atoms with van der Waals surface area (Å²) >= 11 is 12.4. The molecular formula is C17H25Cl2N. The second-order valence-corrected chi connectivity index (χ2v) is 7.04. The molecule has 3 atom stereocenters. The van der Waals surface area contributed by atoms with Gasteiger partial charge in [0.05, 0.1) is 0 Å². The van der Waals surface area contributed by atoms with E-state index in [4.69, 9.17) is 23.2 Å². The minimum atomic E-state index is 0.383. The van der Waals surface area contributed by atoms with Crippen molar-refractivity contribution in [3.8, 4) is 0 Å². The Bertz CT molecular complexity index is 413. The molecule has 0 saturated heterocycles. The van der Waals surface area contributed by atoms with E-state index in [1.54, 1.807) is 0 Å². The van der Waals surface area contributed by atoms with Crippen LogP contribution in [-0.2, 0) is 0 Å². The largest absolute Gasteiger partial charge is 0.310 e. The third kappa shape index (κ3) is 4.38. The van der Waals surface area contributed by atoms with E-state index in [9.17, 15) is 0 Å². The fourth-order valence-corrected chi connectivity index (χ4v) is 3.94. The summed E-state index contributed by atoms with van der Waals surface area (Å²) in [6.45, 7) is 5.62. The van der Waals surface area contributed by atoms with Crippen LogP contribution in [0.5, 0.6) is 0 Å². The van der Waals surface area contributed by atoms with Crippen LogP contribution in [0.25, 0.3) is 0 Å². The molecule has 0 aromatic heterocycles. The lowest BCUT2D eigenvalue weighted by Crippen LogP contribution is -2.31. The molecule has 1 aliphatic rings. The van der Waals surface area contributed by atoms with Crippen LogP contribution in [-0.4, -0.2) is 6.54 Å². The maximum Gasteiger partial charge on any atom is 0.0424 e. The zero-order valence-corrected chi connectivity index (χ0v) is 14.0. The molecule has 1 aliphatic carbocycles. The molecule has 3 unspecified atom stereocenters. The number of halogens is 2. The van der Waals surface area contributed by atoms with Crippen molar-refractivity contribution in [2.24, 2.45) is 11.8 Å². The predicted molar refractivity (Wildman–Crippen MR) is 88.6 cm³/mol. The highest BCUT2D eigenvalue weighted by atomic mass is 35.5. The van der Waals surface area contributed by atoms with Gasteiger partial charge >= 0.3 is 0 Å². The fraction of sp³-hybridized carbons (Fsp3) is 0.647. The summed E-state index contributed by atoms with van der Waals surface area (Å²) in [4.78, 5) is 0. The highest BCUT2D eigenvalue weighted by molar-refractivity contribution is 6.34. The fourth-order valence-electron chi connectivity index (χ4n) is 3.40. The van der Waals surface area contributed by atoms with E-state index < -0.39 is 0 Å². The van der Waals surface area contributed by atoms with Gasteiger partial charge in [-0.1, -0.05) is 49.9 Å². The van der Waals surface area contributed by atoms with E-state index in [0.29, 0.717) is 12.0 Å². The van der Waals surface area contributed by atoms with E-state index in [0.717, 1.165) is 28.9 Å². The van der Waals surface area contributed by atoms with Crippen LogP contribution in [0.1, 0.15) is 57.6 Å². The molecule has 0 bridgehead atoms. The molecular weight excluding hydrogens is 289 g/mol. The Morgan fingerprint density at radius 2 is 1.90 bits per heavy atom. The van der Waals surface area contributed by atoms with Crippen molar-refractivity contribution in [3.63, 3.8) is 0 Å². The van der Waals surface area contributed by atoms with Gasteiger partial charge in [-0.05, 0) is 61.4 Å². The lowest BCUT2D eigenvalue weighted by atomic mass is 9.76. The summed E-state index contributed by atoms with van der Waals surface area (Å²) in [7, 11) is 0. The minimum Gasteiger partial charge on any atom is -0.310 e. The molecule has 1 N–H and O–H groups in total. The van der Waals surface area contributed by atoms with Crippen LogP contribution < -0.4 is 5.32 Å². The lowest BCUT2D eigenvalue weighted by molar-refractivity contribution is 0.224. The van der Waals surface area contributed by atoms with E-state index in [2.05, 4.69) is 31.3 Å². The smallest absolute Gasteiger partial charge is 0.0424 e. The van der Waals surface area contributed by atoms with Crippen LogP contribution in [0.15, 0.2) is 18.2 Å². The van der Waals surface area contributed by atoms with Crippen molar-refractivity contribution in [2.75, 3.05) is 6.54 Å². The van der Waals surface area contributed by atoms with Crippen molar-refractivity contribution < 1.29 is 0 Å². The molecule has 3 heteroatoms. The second-order valence-electron chi connectivity index (χ2n) is 6.17. The van der Waals surface area contributed by atoms with Gasteiger partial charge in [-0.25, -0.2) is 0 Å². The predicted octanol–water partition coefficient (Wildman–Crippen LogP) is 5.86. The third-order valence-electron chi connectivity index (χ3n) is 4.31.